The van der Waals surface area contributed by atoms with E-state index in [4.69, 9.17) is 0 Å². The molecule has 0 radical (unpaired) electrons. The molecule has 0 saturated heterocycles. The quantitative estimate of drug-likeness (QED) is 0.734. The molecule has 0 fully saturated rings. The van der Waals surface area contributed by atoms with Crippen molar-refractivity contribution in [2.24, 2.45) is 0 Å². The first kappa shape index (κ1) is 19.6. The second kappa shape index (κ2) is 8.12. The molecule has 2 aromatic carbocycles. The highest BCUT2D eigenvalue weighted by molar-refractivity contribution is 6.00. The van der Waals surface area contributed by atoms with E-state index in [-0.39, 0.29) is 5.69 Å². The van der Waals surface area contributed by atoms with Crippen LogP contribution in [0.15, 0.2) is 42.5 Å². The number of nitrogens with one attached hydrogen (secondary N) is 2. The van der Waals surface area contributed by atoms with E-state index in [2.05, 4.69) is 29.4 Å². The zero-order valence-electron chi connectivity index (χ0n) is 14.9. The van der Waals surface area contributed by atoms with Crippen molar-refractivity contribution in [1.29, 1.82) is 0 Å². The highest BCUT2D eigenvalue weighted by atomic mass is 19.4. The molecule has 0 aliphatic heterocycles. The zero-order valence-corrected chi connectivity index (χ0v) is 14.9. The van der Waals surface area contributed by atoms with Crippen LogP contribution in [-0.4, -0.2) is 19.1 Å². The third kappa shape index (κ3) is 4.68. The summed E-state index contributed by atoms with van der Waals surface area (Å²) in [5.74, 6) is 0. The zero-order chi connectivity index (χ0) is 19.3. The molecule has 0 atom stereocenters. The fourth-order valence-corrected chi connectivity index (χ4v) is 2.69. The fraction of sp³-hybridized carbons (Fsp3) is 0.316. The second-order valence-corrected chi connectivity index (χ2v) is 5.79. The summed E-state index contributed by atoms with van der Waals surface area (Å²) in [5, 5.41) is 4.88. The number of hydrogen-bond donors (Lipinski definition) is 2. The minimum absolute atomic E-state index is 0.282. The van der Waals surface area contributed by atoms with Crippen molar-refractivity contribution in [3.8, 4) is 0 Å². The molecular formula is C19H22F3N3O. The normalized spacial score (nSPS) is 11.2. The van der Waals surface area contributed by atoms with Crippen LogP contribution in [0.2, 0.25) is 0 Å². The topological polar surface area (TPSA) is 44.4 Å². The minimum Gasteiger partial charge on any atom is -0.372 e. The van der Waals surface area contributed by atoms with Gasteiger partial charge in [0.25, 0.3) is 0 Å². The van der Waals surface area contributed by atoms with E-state index in [0.29, 0.717) is 5.69 Å². The molecule has 2 aromatic rings. The van der Waals surface area contributed by atoms with Gasteiger partial charge in [0.2, 0.25) is 0 Å². The number of benzene rings is 2. The van der Waals surface area contributed by atoms with Crippen molar-refractivity contribution in [3.05, 3.63) is 53.6 Å². The Bertz CT molecular complexity index is 771. The highest BCUT2D eigenvalue weighted by Crippen LogP contribution is 2.34. The van der Waals surface area contributed by atoms with Crippen LogP contribution in [0.4, 0.5) is 35.0 Å². The first-order valence-electron chi connectivity index (χ1n) is 8.36. The predicted molar refractivity (Wildman–Crippen MR) is 98.8 cm³/mol. The van der Waals surface area contributed by atoms with Gasteiger partial charge < -0.3 is 15.5 Å². The van der Waals surface area contributed by atoms with Crippen molar-refractivity contribution in [2.75, 3.05) is 28.6 Å². The Kier molecular flexibility index (Phi) is 6.13. The van der Waals surface area contributed by atoms with E-state index in [1.165, 1.54) is 18.2 Å². The van der Waals surface area contributed by atoms with Crippen molar-refractivity contribution < 1.29 is 18.0 Å². The summed E-state index contributed by atoms with van der Waals surface area (Å²) in [6.45, 7) is 7.66. The average molecular weight is 365 g/mol. The fourth-order valence-electron chi connectivity index (χ4n) is 2.69. The van der Waals surface area contributed by atoms with Crippen molar-refractivity contribution in [3.63, 3.8) is 0 Å². The van der Waals surface area contributed by atoms with Gasteiger partial charge in [-0.05, 0) is 56.7 Å². The maximum absolute atomic E-state index is 13.0. The van der Waals surface area contributed by atoms with Gasteiger partial charge in [0, 0.05) is 24.5 Å². The third-order valence-electron chi connectivity index (χ3n) is 4.07. The molecule has 26 heavy (non-hydrogen) atoms. The maximum atomic E-state index is 13.0. The van der Waals surface area contributed by atoms with Gasteiger partial charge in [0.05, 0.1) is 11.3 Å². The number of carbonyl (C=O) groups is 1. The first-order valence-corrected chi connectivity index (χ1v) is 8.36. The molecule has 140 valence electrons. The molecule has 0 aromatic heterocycles. The van der Waals surface area contributed by atoms with Crippen LogP contribution in [-0.2, 0) is 6.18 Å². The maximum Gasteiger partial charge on any atom is 0.418 e. The Morgan fingerprint density at radius 2 is 1.62 bits per heavy atom. The van der Waals surface area contributed by atoms with Gasteiger partial charge in [-0.25, -0.2) is 4.79 Å². The number of halogens is 3. The molecule has 0 unspecified atom stereocenters. The van der Waals surface area contributed by atoms with Gasteiger partial charge in [-0.1, -0.05) is 12.1 Å². The van der Waals surface area contributed by atoms with Gasteiger partial charge in [-0.15, -0.1) is 0 Å². The molecular weight excluding hydrogens is 343 g/mol. The number of anilines is 3. The Morgan fingerprint density at radius 3 is 2.19 bits per heavy atom. The van der Waals surface area contributed by atoms with E-state index >= 15 is 0 Å². The minimum atomic E-state index is -4.54. The number of para-hydroxylation sites is 1. The Morgan fingerprint density at radius 1 is 1.00 bits per heavy atom. The Hall–Kier alpha value is -2.70. The number of rotatable bonds is 5. The molecule has 0 spiro atoms. The van der Waals surface area contributed by atoms with E-state index in [0.717, 1.165) is 30.4 Å². The number of urea groups is 1. The Balaban J connectivity index is 2.14. The third-order valence-corrected chi connectivity index (χ3v) is 4.07. The highest BCUT2D eigenvalue weighted by Gasteiger charge is 2.33. The molecule has 0 bridgehead atoms. The van der Waals surface area contributed by atoms with E-state index in [1.54, 1.807) is 6.07 Å². The Labute approximate surface area is 151 Å². The molecule has 2 N–H and O–H groups in total. The van der Waals surface area contributed by atoms with Gasteiger partial charge in [0.15, 0.2) is 0 Å². The average Bonchev–Trinajstić information content (AvgIpc) is 2.58. The predicted octanol–water partition coefficient (Wildman–Crippen LogP) is 5.50. The molecule has 0 heterocycles. The number of hydrogen-bond acceptors (Lipinski definition) is 2. The number of amides is 2. The van der Waals surface area contributed by atoms with Crippen molar-refractivity contribution in [1.82, 2.24) is 0 Å². The van der Waals surface area contributed by atoms with Gasteiger partial charge in [0.1, 0.15) is 0 Å². The van der Waals surface area contributed by atoms with E-state index < -0.39 is 17.8 Å². The standard InChI is InChI=1S/C19H22F3N3O/c1-4-25(5-2)14-10-11-16(13(3)12-14)23-18(26)24-17-9-7-6-8-15(17)19(20,21)22/h6-12H,4-5H2,1-3H3,(H2,23,24,26). The van der Waals surface area contributed by atoms with Gasteiger partial charge >= 0.3 is 12.2 Å². The van der Waals surface area contributed by atoms with Crippen molar-refractivity contribution in [2.45, 2.75) is 26.9 Å². The first-order chi connectivity index (χ1) is 12.3. The molecule has 0 aliphatic carbocycles. The number of aryl methyl sites for hydroxylation is 1. The van der Waals surface area contributed by atoms with Gasteiger partial charge in [-0.3, -0.25) is 0 Å². The summed E-state index contributed by atoms with van der Waals surface area (Å²) in [6, 6.07) is 9.71. The van der Waals surface area contributed by atoms with Crippen LogP contribution in [0.25, 0.3) is 0 Å². The van der Waals surface area contributed by atoms with Crippen LogP contribution in [0.3, 0.4) is 0 Å². The largest absolute Gasteiger partial charge is 0.418 e. The number of nitrogens with zero attached hydrogens (tertiary/aromatic N) is 1. The monoisotopic (exact) mass is 365 g/mol. The lowest BCUT2D eigenvalue weighted by atomic mass is 10.1. The summed E-state index contributed by atoms with van der Waals surface area (Å²) in [7, 11) is 0. The summed E-state index contributed by atoms with van der Waals surface area (Å²) in [6.07, 6.45) is -4.54. The van der Waals surface area contributed by atoms with Crippen LogP contribution in [0.1, 0.15) is 25.0 Å². The molecule has 2 rings (SSSR count). The molecule has 7 heteroatoms. The lowest BCUT2D eigenvalue weighted by Crippen LogP contribution is -2.23. The molecule has 0 saturated carbocycles. The molecule has 0 aliphatic rings. The van der Waals surface area contributed by atoms with Crippen LogP contribution in [0, 0.1) is 6.92 Å². The molecule has 4 nitrogen and oxygen atoms in total. The number of alkyl halides is 3. The summed E-state index contributed by atoms with van der Waals surface area (Å²) in [4.78, 5) is 14.3. The molecule has 2 amide bonds. The van der Waals surface area contributed by atoms with E-state index in [1.807, 2.05) is 19.1 Å². The van der Waals surface area contributed by atoms with E-state index in [9.17, 15) is 18.0 Å². The second-order valence-electron chi connectivity index (χ2n) is 5.79. The lowest BCUT2D eigenvalue weighted by molar-refractivity contribution is -0.136. The summed E-state index contributed by atoms with van der Waals surface area (Å²) < 4.78 is 39.0. The lowest BCUT2D eigenvalue weighted by Gasteiger charge is -2.22. The SMILES string of the molecule is CCN(CC)c1ccc(NC(=O)Nc2ccccc2C(F)(F)F)c(C)c1. The van der Waals surface area contributed by atoms with Crippen LogP contribution in [0.5, 0.6) is 0 Å². The van der Waals surface area contributed by atoms with Crippen LogP contribution >= 0.6 is 0 Å². The van der Waals surface area contributed by atoms with Crippen molar-refractivity contribution >= 4 is 23.1 Å². The number of carbonyl (C=O) groups excluding carboxylic acids is 1. The summed E-state index contributed by atoms with van der Waals surface area (Å²) >= 11 is 0. The summed E-state index contributed by atoms with van der Waals surface area (Å²) in [5.41, 5.74) is 1.23. The van der Waals surface area contributed by atoms with Crippen LogP contribution < -0.4 is 15.5 Å². The smallest absolute Gasteiger partial charge is 0.372 e. The van der Waals surface area contributed by atoms with Gasteiger partial charge in [-0.2, -0.15) is 13.2 Å².